The van der Waals surface area contributed by atoms with Gasteiger partial charge in [0.2, 0.25) is 0 Å². The minimum absolute atomic E-state index is 0.389. The van der Waals surface area contributed by atoms with Gasteiger partial charge in [-0.1, -0.05) is 23.2 Å². The van der Waals surface area contributed by atoms with Crippen molar-refractivity contribution in [3.8, 4) is 18.1 Å². The number of nitrogen functional groups attached to an aromatic ring is 1. The molecule has 0 spiro atoms. The van der Waals surface area contributed by atoms with E-state index in [0.29, 0.717) is 34.5 Å². The molecule has 0 unspecified atom stereocenters. The Labute approximate surface area is 93.0 Å². The van der Waals surface area contributed by atoms with Crippen LogP contribution in [0.1, 0.15) is 6.42 Å². The lowest BCUT2D eigenvalue weighted by molar-refractivity contribution is 0.327. The molecule has 0 aliphatic heterocycles. The number of rotatable bonds is 3. The molecule has 4 heteroatoms. The largest absolute Gasteiger partial charge is 0.489 e. The Kier molecular flexibility index (Phi) is 3.94. The summed E-state index contributed by atoms with van der Waals surface area (Å²) < 4.78 is 5.30. The number of nitrogens with two attached hydrogens (primary N) is 1. The molecule has 2 N–H and O–H groups in total. The Morgan fingerprint density at radius 1 is 1.36 bits per heavy atom. The lowest BCUT2D eigenvalue weighted by Gasteiger charge is -2.09. The smallest absolute Gasteiger partial charge is 0.156 e. The van der Waals surface area contributed by atoms with Crippen LogP contribution in [-0.2, 0) is 0 Å². The molecule has 0 aliphatic rings. The maximum Gasteiger partial charge on any atom is 0.156 e. The van der Waals surface area contributed by atoms with E-state index >= 15 is 0 Å². The molecule has 14 heavy (non-hydrogen) atoms. The Morgan fingerprint density at radius 3 is 2.43 bits per heavy atom. The van der Waals surface area contributed by atoms with Gasteiger partial charge in [0.1, 0.15) is 0 Å². The summed E-state index contributed by atoms with van der Waals surface area (Å²) in [5.74, 6) is 2.88. The van der Waals surface area contributed by atoms with Gasteiger partial charge in [0.25, 0.3) is 0 Å². The van der Waals surface area contributed by atoms with E-state index in [-0.39, 0.29) is 0 Å². The number of ether oxygens (including phenoxy) is 1. The number of hydrogen-bond acceptors (Lipinski definition) is 2. The molecule has 0 aliphatic carbocycles. The van der Waals surface area contributed by atoms with Crippen LogP contribution in [-0.4, -0.2) is 6.61 Å². The van der Waals surface area contributed by atoms with Crippen LogP contribution in [0.4, 0.5) is 5.69 Å². The van der Waals surface area contributed by atoms with Gasteiger partial charge in [-0.05, 0) is 12.1 Å². The minimum Gasteiger partial charge on any atom is -0.489 e. The van der Waals surface area contributed by atoms with Gasteiger partial charge in [-0.25, -0.2) is 0 Å². The lowest BCUT2D eigenvalue weighted by atomic mass is 10.3. The fourth-order valence-electron chi connectivity index (χ4n) is 0.929. The number of benzene rings is 1. The zero-order valence-corrected chi connectivity index (χ0v) is 8.90. The molecule has 2 nitrogen and oxygen atoms in total. The van der Waals surface area contributed by atoms with Crippen LogP contribution < -0.4 is 10.5 Å². The summed E-state index contributed by atoms with van der Waals surface area (Å²) in [6.45, 7) is 0.389. The number of terminal acetylenes is 1. The highest BCUT2D eigenvalue weighted by atomic mass is 35.5. The minimum atomic E-state index is 0.389. The van der Waals surface area contributed by atoms with E-state index in [1.165, 1.54) is 0 Å². The molecule has 0 heterocycles. The first kappa shape index (κ1) is 11.0. The molecule has 0 bridgehead atoms. The first-order valence-corrected chi connectivity index (χ1v) is 4.71. The third-order valence-electron chi connectivity index (χ3n) is 1.51. The summed E-state index contributed by atoms with van der Waals surface area (Å²) in [6, 6.07) is 3.16. The summed E-state index contributed by atoms with van der Waals surface area (Å²) in [4.78, 5) is 0. The summed E-state index contributed by atoms with van der Waals surface area (Å²) in [5, 5.41) is 0.791. The van der Waals surface area contributed by atoms with Crippen molar-refractivity contribution < 1.29 is 4.74 Å². The predicted molar refractivity (Wildman–Crippen MR) is 59.8 cm³/mol. The second kappa shape index (κ2) is 4.99. The van der Waals surface area contributed by atoms with Crippen LogP contribution >= 0.6 is 23.2 Å². The van der Waals surface area contributed by atoms with E-state index in [0.717, 1.165) is 0 Å². The van der Waals surface area contributed by atoms with Crippen LogP contribution in [0.2, 0.25) is 10.0 Å². The summed E-state index contributed by atoms with van der Waals surface area (Å²) in [5.41, 5.74) is 6.03. The normalized spacial score (nSPS) is 9.50. The second-order valence-corrected chi connectivity index (χ2v) is 3.43. The first-order chi connectivity index (χ1) is 6.65. The standard InChI is InChI=1S/C10H9Cl2NO/c1-2-3-4-14-10-8(11)5-7(13)6-9(10)12/h1,5-6H,3-4,13H2. The molecule has 0 fully saturated rings. The molecule has 1 aromatic carbocycles. The van der Waals surface area contributed by atoms with Crippen molar-refractivity contribution >= 4 is 28.9 Å². The average molecular weight is 230 g/mol. The highest BCUT2D eigenvalue weighted by molar-refractivity contribution is 6.37. The van der Waals surface area contributed by atoms with Crippen molar-refractivity contribution in [3.05, 3.63) is 22.2 Å². The van der Waals surface area contributed by atoms with Crippen molar-refractivity contribution in [2.75, 3.05) is 12.3 Å². The summed E-state index contributed by atoms with van der Waals surface area (Å²) in [6.07, 6.45) is 5.59. The van der Waals surface area contributed by atoms with Gasteiger partial charge in [-0.15, -0.1) is 12.3 Å². The van der Waals surface area contributed by atoms with Gasteiger partial charge in [-0.3, -0.25) is 0 Å². The van der Waals surface area contributed by atoms with E-state index < -0.39 is 0 Å². The topological polar surface area (TPSA) is 35.2 Å². The number of halogens is 2. The maximum absolute atomic E-state index is 5.87. The van der Waals surface area contributed by atoms with Crippen molar-refractivity contribution in [1.82, 2.24) is 0 Å². The molecule has 0 aromatic heterocycles. The molecule has 1 aromatic rings. The van der Waals surface area contributed by atoms with Crippen molar-refractivity contribution in [2.24, 2.45) is 0 Å². The van der Waals surface area contributed by atoms with Crippen LogP contribution in [0.15, 0.2) is 12.1 Å². The van der Waals surface area contributed by atoms with Gasteiger partial charge in [0.15, 0.2) is 5.75 Å². The van der Waals surface area contributed by atoms with E-state index in [9.17, 15) is 0 Å². The van der Waals surface area contributed by atoms with Crippen molar-refractivity contribution in [2.45, 2.75) is 6.42 Å². The Balaban J connectivity index is 2.81. The molecule has 0 radical (unpaired) electrons. The van der Waals surface area contributed by atoms with Crippen molar-refractivity contribution in [3.63, 3.8) is 0 Å². The molecule has 0 amide bonds. The third-order valence-corrected chi connectivity index (χ3v) is 2.07. The number of hydrogen-bond donors (Lipinski definition) is 1. The fourth-order valence-corrected chi connectivity index (χ4v) is 1.54. The fraction of sp³-hybridized carbons (Fsp3) is 0.200. The van der Waals surface area contributed by atoms with E-state index in [1.54, 1.807) is 12.1 Å². The molecular weight excluding hydrogens is 221 g/mol. The maximum atomic E-state index is 5.87. The van der Waals surface area contributed by atoms with Crippen LogP contribution in [0.25, 0.3) is 0 Å². The monoisotopic (exact) mass is 229 g/mol. The van der Waals surface area contributed by atoms with Gasteiger partial charge in [0.05, 0.1) is 16.7 Å². The van der Waals surface area contributed by atoms with E-state index in [1.807, 2.05) is 0 Å². The Hall–Kier alpha value is -1.04. The van der Waals surface area contributed by atoms with Gasteiger partial charge < -0.3 is 10.5 Å². The average Bonchev–Trinajstić information content (AvgIpc) is 2.09. The molecule has 0 atom stereocenters. The quantitative estimate of drug-likeness (QED) is 0.492. The van der Waals surface area contributed by atoms with E-state index in [4.69, 9.17) is 40.1 Å². The molecule has 0 saturated carbocycles. The Bertz CT molecular complexity index is 348. The first-order valence-electron chi connectivity index (χ1n) is 3.96. The van der Waals surface area contributed by atoms with E-state index in [2.05, 4.69) is 5.92 Å². The predicted octanol–water partition coefficient (Wildman–Crippen LogP) is 2.98. The Morgan fingerprint density at radius 2 is 1.93 bits per heavy atom. The zero-order chi connectivity index (χ0) is 10.6. The zero-order valence-electron chi connectivity index (χ0n) is 7.39. The van der Waals surface area contributed by atoms with Crippen molar-refractivity contribution in [1.29, 1.82) is 0 Å². The third kappa shape index (κ3) is 2.73. The van der Waals surface area contributed by atoms with Gasteiger partial charge >= 0.3 is 0 Å². The SMILES string of the molecule is C#CCCOc1c(Cl)cc(N)cc1Cl. The van der Waals surface area contributed by atoms with Crippen LogP contribution in [0.5, 0.6) is 5.75 Å². The molecule has 1 rings (SSSR count). The van der Waals surface area contributed by atoms with Crippen LogP contribution in [0.3, 0.4) is 0 Å². The lowest BCUT2D eigenvalue weighted by Crippen LogP contribution is -1.98. The molecular formula is C10H9Cl2NO. The van der Waals surface area contributed by atoms with Gasteiger partial charge in [0, 0.05) is 12.1 Å². The second-order valence-electron chi connectivity index (χ2n) is 2.62. The summed E-state index contributed by atoms with van der Waals surface area (Å²) >= 11 is 11.7. The molecule has 74 valence electrons. The molecule has 0 saturated heterocycles. The highest BCUT2D eigenvalue weighted by Gasteiger charge is 2.07. The number of anilines is 1. The summed E-state index contributed by atoms with van der Waals surface area (Å²) in [7, 11) is 0. The van der Waals surface area contributed by atoms with Crippen LogP contribution in [0, 0.1) is 12.3 Å². The van der Waals surface area contributed by atoms with Gasteiger partial charge in [-0.2, -0.15) is 0 Å². The highest BCUT2D eigenvalue weighted by Crippen LogP contribution is 2.34.